The summed E-state index contributed by atoms with van der Waals surface area (Å²) in [5.74, 6) is 0.596. The molecule has 0 saturated heterocycles. The molecule has 0 aliphatic rings. The number of hydrogen-bond acceptors (Lipinski definition) is 4. The molecule has 0 fully saturated rings. The largest absolute Gasteiger partial charge is 0.456 e. The molecule has 45 heavy (non-hydrogen) atoms. The highest BCUT2D eigenvalue weighted by molar-refractivity contribution is 6.17. The van der Waals surface area contributed by atoms with Gasteiger partial charge >= 0.3 is 0 Å². The topological polar surface area (TPSA) is 42.4 Å². The van der Waals surface area contributed by atoms with E-state index in [0.29, 0.717) is 5.89 Å². The minimum atomic E-state index is 0.596. The average molecular weight is 579 g/mol. The number of oxazole rings is 1. The molecule has 0 unspecified atom stereocenters. The van der Waals surface area contributed by atoms with Crippen LogP contribution >= 0.6 is 0 Å². The predicted octanol–water partition coefficient (Wildman–Crippen LogP) is 11.7. The molecule has 0 N–H and O–H groups in total. The van der Waals surface area contributed by atoms with Crippen LogP contribution in [0.2, 0.25) is 0 Å². The molecule has 0 saturated carbocycles. The monoisotopic (exact) mass is 578 g/mol. The van der Waals surface area contributed by atoms with E-state index in [-0.39, 0.29) is 0 Å². The Morgan fingerprint density at radius 3 is 1.96 bits per heavy atom. The van der Waals surface area contributed by atoms with Gasteiger partial charge in [0, 0.05) is 28.0 Å². The van der Waals surface area contributed by atoms with Crippen molar-refractivity contribution < 1.29 is 8.83 Å². The zero-order valence-corrected chi connectivity index (χ0v) is 24.2. The van der Waals surface area contributed by atoms with Crippen molar-refractivity contribution >= 4 is 60.9 Å². The van der Waals surface area contributed by atoms with E-state index in [1.807, 2.05) is 48.5 Å². The minimum absolute atomic E-state index is 0.596. The maximum absolute atomic E-state index is 6.43. The lowest BCUT2D eigenvalue weighted by Crippen LogP contribution is -2.10. The lowest BCUT2D eigenvalue weighted by molar-refractivity contribution is 0.622. The molecule has 2 heterocycles. The van der Waals surface area contributed by atoms with Crippen LogP contribution in [-0.2, 0) is 0 Å². The van der Waals surface area contributed by atoms with E-state index in [1.165, 1.54) is 16.3 Å². The van der Waals surface area contributed by atoms with Crippen LogP contribution in [0.15, 0.2) is 167 Å². The van der Waals surface area contributed by atoms with Crippen LogP contribution in [0, 0.1) is 0 Å². The summed E-state index contributed by atoms with van der Waals surface area (Å²) >= 11 is 0. The van der Waals surface area contributed by atoms with Gasteiger partial charge in [0.1, 0.15) is 16.7 Å². The normalized spacial score (nSPS) is 11.6. The Morgan fingerprint density at radius 2 is 1.11 bits per heavy atom. The van der Waals surface area contributed by atoms with Crippen molar-refractivity contribution in [3.05, 3.63) is 158 Å². The van der Waals surface area contributed by atoms with E-state index in [0.717, 1.165) is 61.2 Å². The SMILES string of the molecule is c1ccc(-c2cccc(N(c3ccc4ccccc4c3)c3ccc4oc5ccc6nc(-c7ccccc7)oc6c5c4c3)c2)cc1. The van der Waals surface area contributed by atoms with Crippen LogP contribution in [0.4, 0.5) is 17.1 Å². The molecule has 0 spiro atoms. The first kappa shape index (κ1) is 25.4. The number of rotatable bonds is 5. The van der Waals surface area contributed by atoms with Gasteiger partial charge in [0.15, 0.2) is 5.58 Å². The average Bonchev–Trinajstić information content (AvgIpc) is 3.71. The van der Waals surface area contributed by atoms with Gasteiger partial charge in [-0.1, -0.05) is 91.0 Å². The molecule has 212 valence electrons. The summed E-state index contributed by atoms with van der Waals surface area (Å²) < 4.78 is 12.8. The maximum Gasteiger partial charge on any atom is 0.227 e. The van der Waals surface area contributed by atoms with Gasteiger partial charge < -0.3 is 13.7 Å². The molecular formula is C41H26N2O2. The first-order chi connectivity index (χ1) is 22.3. The number of aromatic nitrogens is 1. The lowest BCUT2D eigenvalue weighted by Gasteiger charge is -2.26. The van der Waals surface area contributed by atoms with Crippen molar-refractivity contribution in [1.82, 2.24) is 4.98 Å². The van der Waals surface area contributed by atoms with Crippen LogP contribution in [-0.4, -0.2) is 4.98 Å². The Kier molecular flexibility index (Phi) is 5.78. The molecule has 2 aromatic heterocycles. The van der Waals surface area contributed by atoms with Crippen LogP contribution in [0.1, 0.15) is 0 Å². The summed E-state index contributed by atoms with van der Waals surface area (Å²) in [4.78, 5) is 7.13. The number of nitrogens with zero attached hydrogens (tertiary/aromatic N) is 2. The van der Waals surface area contributed by atoms with E-state index < -0.39 is 0 Å². The second-order valence-corrected chi connectivity index (χ2v) is 11.2. The van der Waals surface area contributed by atoms with Crippen molar-refractivity contribution in [2.75, 3.05) is 4.90 Å². The minimum Gasteiger partial charge on any atom is -0.456 e. The van der Waals surface area contributed by atoms with Crippen molar-refractivity contribution in [2.24, 2.45) is 0 Å². The summed E-state index contributed by atoms with van der Waals surface area (Å²) in [5, 5.41) is 4.30. The van der Waals surface area contributed by atoms with Gasteiger partial charge in [0.25, 0.3) is 0 Å². The highest BCUT2D eigenvalue weighted by atomic mass is 16.4. The Balaban J connectivity index is 1.26. The molecule has 0 radical (unpaired) electrons. The van der Waals surface area contributed by atoms with Gasteiger partial charge in [0.2, 0.25) is 5.89 Å². The first-order valence-electron chi connectivity index (χ1n) is 15.0. The van der Waals surface area contributed by atoms with Gasteiger partial charge in [-0.3, -0.25) is 0 Å². The highest BCUT2D eigenvalue weighted by Gasteiger charge is 2.20. The summed E-state index contributed by atoms with van der Waals surface area (Å²) in [6.07, 6.45) is 0. The summed E-state index contributed by atoms with van der Waals surface area (Å²) in [6, 6.07) is 54.7. The second-order valence-electron chi connectivity index (χ2n) is 11.2. The molecule has 9 aromatic rings. The third kappa shape index (κ3) is 4.35. The Morgan fingerprint density at radius 1 is 0.444 bits per heavy atom. The van der Waals surface area contributed by atoms with Gasteiger partial charge in [-0.05, 0) is 88.6 Å². The number of anilines is 3. The van der Waals surface area contributed by atoms with E-state index >= 15 is 0 Å². The first-order valence-corrected chi connectivity index (χ1v) is 15.0. The number of furan rings is 1. The second kappa shape index (κ2) is 10.2. The lowest BCUT2D eigenvalue weighted by atomic mass is 10.0. The third-order valence-electron chi connectivity index (χ3n) is 8.45. The zero-order valence-electron chi connectivity index (χ0n) is 24.2. The van der Waals surface area contributed by atoms with Crippen molar-refractivity contribution in [3.63, 3.8) is 0 Å². The maximum atomic E-state index is 6.43. The van der Waals surface area contributed by atoms with Crippen LogP contribution < -0.4 is 4.90 Å². The van der Waals surface area contributed by atoms with Crippen LogP contribution in [0.3, 0.4) is 0 Å². The van der Waals surface area contributed by atoms with Crippen molar-refractivity contribution in [3.8, 4) is 22.6 Å². The van der Waals surface area contributed by atoms with E-state index in [4.69, 9.17) is 13.8 Å². The Labute approximate surface area is 259 Å². The molecule has 0 amide bonds. The molecule has 4 nitrogen and oxygen atoms in total. The quantitative estimate of drug-likeness (QED) is 0.204. The van der Waals surface area contributed by atoms with E-state index in [9.17, 15) is 0 Å². The molecule has 4 heteroatoms. The number of hydrogen-bond donors (Lipinski definition) is 0. The van der Waals surface area contributed by atoms with Gasteiger partial charge in [-0.15, -0.1) is 0 Å². The smallest absolute Gasteiger partial charge is 0.227 e. The fraction of sp³-hybridized carbons (Fsp3) is 0. The fourth-order valence-corrected chi connectivity index (χ4v) is 6.30. The molecule has 9 rings (SSSR count). The van der Waals surface area contributed by atoms with Gasteiger partial charge in [-0.2, -0.15) is 0 Å². The predicted molar refractivity (Wildman–Crippen MR) is 184 cm³/mol. The molecular weight excluding hydrogens is 552 g/mol. The van der Waals surface area contributed by atoms with Gasteiger partial charge in [0.05, 0.1) is 5.39 Å². The standard InChI is InChI=1S/C41H26N2O2/c1-3-10-27(11-4-1)31-16-9-17-32(24-31)43(33-19-18-28-12-7-8-15-30(28)25-33)34-20-22-37-35(26-34)39-38(44-37)23-21-36-40(39)45-41(42-36)29-13-5-2-6-14-29/h1-26H. The van der Waals surface area contributed by atoms with Crippen molar-refractivity contribution in [2.45, 2.75) is 0 Å². The van der Waals surface area contributed by atoms with Crippen LogP contribution in [0.25, 0.3) is 66.4 Å². The highest BCUT2D eigenvalue weighted by Crippen LogP contribution is 2.42. The van der Waals surface area contributed by atoms with Gasteiger partial charge in [-0.25, -0.2) is 4.98 Å². The van der Waals surface area contributed by atoms with E-state index in [1.54, 1.807) is 0 Å². The summed E-state index contributed by atoms with van der Waals surface area (Å²) in [6.45, 7) is 0. The molecule has 0 aliphatic carbocycles. The fourth-order valence-electron chi connectivity index (χ4n) is 6.30. The Hall–Kier alpha value is -6.13. The van der Waals surface area contributed by atoms with E-state index in [2.05, 4.69) is 114 Å². The molecule has 7 aromatic carbocycles. The van der Waals surface area contributed by atoms with Crippen molar-refractivity contribution in [1.29, 1.82) is 0 Å². The molecule has 0 aliphatic heterocycles. The van der Waals surface area contributed by atoms with Crippen LogP contribution in [0.5, 0.6) is 0 Å². The summed E-state index contributed by atoms with van der Waals surface area (Å²) in [7, 11) is 0. The molecule has 0 atom stereocenters. The number of fused-ring (bicyclic) bond motifs is 6. The summed E-state index contributed by atoms with van der Waals surface area (Å²) in [5.41, 5.74) is 9.53. The zero-order chi connectivity index (χ0) is 29.7. The number of benzene rings is 7. The molecule has 0 bridgehead atoms. The third-order valence-corrected chi connectivity index (χ3v) is 8.45. The Bertz CT molecular complexity index is 2490.